The summed E-state index contributed by atoms with van der Waals surface area (Å²) in [4.78, 5) is 14.5. The van der Waals surface area contributed by atoms with Crippen LogP contribution in [-0.4, -0.2) is 44.5 Å². The first-order chi connectivity index (χ1) is 7.80. The number of hydrogen-bond donors (Lipinski definition) is 1. The number of aliphatic imine (C=N–C) groups is 1. The Balaban J connectivity index is 2.79. The zero-order valence-corrected chi connectivity index (χ0v) is 10.7. The summed E-state index contributed by atoms with van der Waals surface area (Å²) < 4.78 is 0.753. The number of aliphatic carboxylic acids is 1. The van der Waals surface area contributed by atoms with Crippen molar-refractivity contribution < 1.29 is 9.90 Å². The Labute approximate surface area is 102 Å². The van der Waals surface area contributed by atoms with E-state index in [9.17, 15) is 4.79 Å². The number of rotatable bonds is 4. The van der Waals surface area contributed by atoms with Crippen molar-refractivity contribution >= 4 is 17.9 Å². The Morgan fingerprint density at radius 3 is 2.24 bits per heavy atom. The lowest BCUT2D eigenvalue weighted by atomic mass is 10.2. The molecule has 4 nitrogen and oxygen atoms in total. The van der Waals surface area contributed by atoms with Crippen LogP contribution in [0.25, 0.3) is 0 Å². The molecule has 17 heavy (non-hydrogen) atoms. The number of nitrogens with zero attached hydrogens (tertiary/aromatic N) is 2. The zero-order valence-electron chi connectivity index (χ0n) is 10.7. The summed E-state index contributed by atoms with van der Waals surface area (Å²) in [5, 5.41) is 8.69. The van der Waals surface area contributed by atoms with Gasteiger partial charge in [-0.25, -0.2) is 4.79 Å². The van der Waals surface area contributed by atoms with Crippen LogP contribution in [0.5, 0.6) is 0 Å². The molecule has 0 aliphatic heterocycles. The van der Waals surface area contributed by atoms with Gasteiger partial charge in [-0.3, -0.25) is 9.48 Å². The van der Waals surface area contributed by atoms with Crippen LogP contribution < -0.4 is 4.48 Å². The van der Waals surface area contributed by atoms with Gasteiger partial charge in [-0.05, 0) is 36.8 Å². The quantitative estimate of drug-likeness (QED) is 0.638. The van der Waals surface area contributed by atoms with Gasteiger partial charge in [0.25, 0.3) is 0 Å². The molecule has 0 saturated heterocycles. The van der Waals surface area contributed by atoms with Crippen molar-refractivity contribution in [2.75, 3.05) is 21.1 Å². The molecule has 0 aliphatic carbocycles. The molecule has 0 heterocycles. The summed E-state index contributed by atoms with van der Waals surface area (Å²) in [6.07, 6.45) is 1.60. The van der Waals surface area contributed by atoms with Gasteiger partial charge in [0.05, 0.1) is 21.1 Å². The summed E-state index contributed by atoms with van der Waals surface area (Å²) >= 11 is 0. The fourth-order valence-electron chi connectivity index (χ4n) is 1.27. The first kappa shape index (κ1) is 13.4. The monoisotopic (exact) mass is 235 g/mol. The normalized spacial score (nSPS) is 13.9. The third-order valence-corrected chi connectivity index (χ3v) is 2.47. The molecule has 0 aliphatic rings. The third-order valence-electron chi connectivity index (χ3n) is 2.47. The molecule has 0 saturated carbocycles. The molecule has 0 aromatic heterocycles. The number of hydrogen-bond acceptors (Lipinski definition) is 2. The van der Waals surface area contributed by atoms with Crippen molar-refractivity contribution in [3.05, 3.63) is 29.8 Å². The number of benzene rings is 1. The summed E-state index contributed by atoms with van der Waals surface area (Å²) in [6.45, 7) is 1.55. The smallest absolute Gasteiger partial charge is 0.328 e. The van der Waals surface area contributed by atoms with E-state index in [-0.39, 0.29) is 0 Å². The van der Waals surface area contributed by atoms with Crippen molar-refractivity contribution in [1.82, 2.24) is 4.48 Å². The number of carboxylic acids is 1. The Bertz CT molecular complexity index is 416. The molecule has 1 unspecified atom stereocenters. The molecule has 0 bridgehead atoms. The lowest BCUT2D eigenvalue weighted by molar-refractivity contribution is -0.137. The minimum Gasteiger partial charge on any atom is -0.480 e. The first-order valence-electron chi connectivity index (χ1n) is 5.49. The van der Waals surface area contributed by atoms with Crippen LogP contribution in [0.2, 0.25) is 0 Å². The summed E-state index contributed by atoms with van der Waals surface area (Å²) in [5.41, 5.74) is 2.10. The van der Waals surface area contributed by atoms with E-state index in [1.807, 2.05) is 24.3 Å². The van der Waals surface area contributed by atoms with Gasteiger partial charge in [-0.15, -0.1) is 0 Å². The van der Waals surface area contributed by atoms with Crippen molar-refractivity contribution in [3.63, 3.8) is 0 Å². The summed E-state index contributed by atoms with van der Waals surface area (Å²) in [6, 6.07) is 7.22. The lowest BCUT2D eigenvalue weighted by Crippen LogP contribution is -2.34. The van der Waals surface area contributed by atoms with Crippen molar-refractivity contribution in [1.29, 1.82) is 0 Å². The standard InChI is InChI=1S/C13H18N2O2/c1-10(13(16)17)14-9-11-5-7-12(8-6-11)15(2,3)4/h5-10H,1-4H3/p+1. The van der Waals surface area contributed by atoms with E-state index in [1.165, 1.54) is 5.69 Å². The van der Waals surface area contributed by atoms with Gasteiger partial charge >= 0.3 is 5.97 Å². The Kier molecular flexibility index (Phi) is 4.02. The van der Waals surface area contributed by atoms with Gasteiger partial charge in [-0.1, -0.05) is 0 Å². The molecule has 1 rings (SSSR count). The van der Waals surface area contributed by atoms with E-state index in [0.717, 1.165) is 10.0 Å². The van der Waals surface area contributed by atoms with Crippen LogP contribution in [-0.2, 0) is 4.79 Å². The van der Waals surface area contributed by atoms with Crippen LogP contribution in [0, 0.1) is 0 Å². The van der Waals surface area contributed by atoms with E-state index in [0.29, 0.717) is 0 Å². The van der Waals surface area contributed by atoms with Gasteiger partial charge in [0.2, 0.25) is 0 Å². The first-order valence-corrected chi connectivity index (χ1v) is 5.49. The Morgan fingerprint density at radius 2 is 1.82 bits per heavy atom. The lowest BCUT2D eigenvalue weighted by Gasteiger charge is -2.23. The summed E-state index contributed by atoms with van der Waals surface area (Å²) in [5.74, 6) is -0.913. The fourth-order valence-corrected chi connectivity index (χ4v) is 1.27. The number of carbonyl (C=O) groups is 1. The molecule has 0 fully saturated rings. The Hall–Kier alpha value is -1.68. The van der Waals surface area contributed by atoms with Crippen LogP contribution >= 0.6 is 0 Å². The van der Waals surface area contributed by atoms with E-state index in [2.05, 4.69) is 26.1 Å². The molecule has 0 spiro atoms. The molecule has 1 aromatic rings. The SMILES string of the molecule is CC(N=Cc1ccc([N+](C)(C)C)cc1)C(=O)O. The molecule has 0 radical (unpaired) electrons. The third kappa shape index (κ3) is 4.00. The van der Waals surface area contributed by atoms with Crippen LogP contribution in [0.15, 0.2) is 29.3 Å². The molecule has 1 N–H and O–H groups in total. The molecule has 1 aromatic carbocycles. The van der Waals surface area contributed by atoms with E-state index < -0.39 is 12.0 Å². The molecule has 1 atom stereocenters. The number of quaternary nitrogens is 1. The summed E-state index contributed by atoms with van der Waals surface area (Å²) in [7, 11) is 6.28. The van der Waals surface area contributed by atoms with Crippen LogP contribution in [0.3, 0.4) is 0 Å². The van der Waals surface area contributed by atoms with E-state index in [4.69, 9.17) is 5.11 Å². The topological polar surface area (TPSA) is 49.7 Å². The largest absolute Gasteiger partial charge is 0.480 e. The number of carboxylic acid groups (broad SMARTS) is 1. The van der Waals surface area contributed by atoms with Crippen LogP contribution in [0.4, 0.5) is 5.69 Å². The van der Waals surface area contributed by atoms with Crippen LogP contribution in [0.1, 0.15) is 12.5 Å². The molecule has 92 valence electrons. The molecule has 4 heteroatoms. The maximum Gasteiger partial charge on any atom is 0.328 e. The van der Waals surface area contributed by atoms with Crippen molar-refractivity contribution in [2.45, 2.75) is 13.0 Å². The average Bonchev–Trinajstić information content (AvgIpc) is 2.25. The molecular weight excluding hydrogens is 216 g/mol. The van der Waals surface area contributed by atoms with Gasteiger partial charge in [0.15, 0.2) is 0 Å². The zero-order chi connectivity index (χ0) is 13.1. The van der Waals surface area contributed by atoms with Crippen molar-refractivity contribution in [3.8, 4) is 0 Å². The highest BCUT2D eigenvalue weighted by atomic mass is 16.4. The van der Waals surface area contributed by atoms with Gasteiger partial charge < -0.3 is 5.11 Å². The molecule has 0 amide bonds. The predicted octanol–water partition coefficient (Wildman–Crippen LogP) is 1.78. The second-order valence-corrected chi connectivity index (χ2v) is 4.90. The van der Waals surface area contributed by atoms with E-state index in [1.54, 1.807) is 13.1 Å². The minimum absolute atomic E-state index is 0.701. The van der Waals surface area contributed by atoms with Gasteiger partial charge in [0.1, 0.15) is 11.7 Å². The molecular formula is C13H19N2O2+. The second-order valence-electron chi connectivity index (χ2n) is 4.90. The van der Waals surface area contributed by atoms with Gasteiger partial charge in [0, 0.05) is 6.21 Å². The maximum absolute atomic E-state index is 10.6. The van der Waals surface area contributed by atoms with E-state index >= 15 is 0 Å². The predicted molar refractivity (Wildman–Crippen MR) is 70.7 cm³/mol. The highest BCUT2D eigenvalue weighted by molar-refractivity contribution is 5.83. The fraction of sp³-hybridized carbons (Fsp3) is 0.385. The average molecular weight is 235 g/mol. The second kappa shape index (κ2) is 5.10. The highest BCUT2D eigenvalue weighted by Gasteiger charge is 2.11. The minimum atomic E-state index is -0.913. The van der Waals surface area contributed by atoms with Gasteiger partial charge in [-0.2, -0.15) is 0 Å². The Morgan fingerprint density at radius 1 is 1.29 bits per heavy atom. The van der Waals surface area contributed by atoms with Crippen molar-refractivity contribution in [2.24, 2.45) is 4.99 Å². The maximum atomic E-state index is 10.6. The highest BCUT2D eigenvalue weighted by Crippen LogP contribution is 2.16.